The van der Waals surface area contributed by atoms with Gasteiger partial charge in [-0.15, -0.1) is 0 Å². The number of aromatic nitrogens is 1. The van der Waals surface area contributed by atoms with Gasteiger partial charge in [-0.1, -0.05) is 0 Å². The SMILES string of the molecule is Cc1nc2cc(NC(=O)[C@H](C)NS(=O)(=O)c3ccc4c(c3)OCCCO4)ccc2o1. The molecule has 0 saturated carbocycles. The molecule has 1 amide bonds. The van der Waals surface area contributed by atoms with Gasteiger partial charge in [0.25, 0.3) is 0 Å². The minimum absolute atomic E-state index is 0.00843. The number of hydrogen-bond donors (Lipinski definition) is 2. The molecular formula is C20H21N3O6S. The summed E-state index contributed by atoms with van der Waals surface area (Å²) < 4.78 is 44.3. The lowest BCUT2D eigenvalue weighted by Gasteiger charge is -2.15. The molecule has 0 fully saturated rings. The molecule has 0 bridgehead atoms. The molecule has 4 rings (SSSR count). The number of ether oxygens (including phenoxy) is 2. The largest absolute Gasteiger partial charge is 0.490 e. The fourth-order valence-corrected chi connectivity index (χ4v) is 4.25. The fraction of sp³-hybridized carbons (Fsp3) is 0.300. The molecule has 1 atom stereocenters. The van der Waals surface area contributed by atoms with E-state index in [1.54, 1.807) is 31.2 Å². The number of anilines is 1. The number of carbonyl (C=O) groups excluding carboxylic acids is 1. The summed E-state index contributed by atoms with van der Waals surface area (Å²) in [6.07, 6.45) is 0.714. The molecule has 2 aromatic carbocycles. The molecule has 10 heteroatoms. The zero-order valence-corrected chi connectivity index (χ0v) is 17.3. The lowest BCUT2D eigenvalue weighted by molar-refractivity contribution is -0.117. The number of fused-ring (bicyclic) bond motifs is 2. The van der Waals surface area contributed by atoms with Crippen LogP contribution in [0.5, 0.6) is 11.5 Å². The van der Waals surface area contributed by atoms with Crippen LogP contribution in [0.15, 0.2) is 45.7 Å². The van der Waals surface area contributed by atoms with Crippen LogP contribution in [-0.2, 0) is 14.8 Å². The van der Waals surface area contributed by atoms with E-state index in [1.165, 1.54) is 19.1 Å². The van der Waals surface area contributed by atoms with Crippen LogP contribution in [0.4, 0.5) is 5.69 Å². The average Bonchev–Trinajstić information content (AvgIpc) is 2.91. The minimum atomic E-state index is -3.95. The summed E-state index contributed by atoms with van der Waals surface area (Å²) in [6.45, 7) is 4.15. The lowest BCUT2D eigenvalue weighted by Crippen LogP contribution is -2.41. The van der Waals surface area contributed by atoms with Crippen molar-refractivity contribution in [1.29, 1.82) is 0 Å². The van der Waals surface area contributed by atoms with E-state index in [1.807, 2.05) is 0 Å². The first-order valence-corrected chi connectivity index (χ1v) is 10.9. The monoisotopic (exact) mass is 431 g/mol. The van der Waals surface area contributed by atoms with Crippen LogP contribution in [0.1, 0.15) is 19.2 Å². The van der Waals surface area contributed by atoms with Crippen LogP contribution in [0, 0.1) is 6.92 Å². The minimum Gasteiger partial charge on any atom is -0.490 e. The van der Waals surface area contributed by atoms with Crippen molar-refractivity contribution < 1.29 is 27.1 Å². The van der Waals surface area contributed by atoms with Crippen LogP contribution in [0.2, 0.25) is 0 Å². The number of hydrogen-bond acceptors (Lipinski definition) is 7. The van der Waals surface area contributed by atoms with Gasteiger partial charge < -0.3 is 19.2 Å². The molecule has 1 aliphatic heterocycles. The van der Waals surface area contributed by atoms with Crippen LogP contribution >= 0.6 is 0 Å². The summed E-state index contributed by atoms with van der Waals surface area (Å²) >= 11 is 0. The van der Waals surface area contributed by atoms with E-state index < -0.39 is 22.0 Å². The highest BCUT2D eigenvalue weighted by Crippen LogP contribution is 2.32. The number of nitrogens with zero attached hydrogens (tertiary/aromatic N) is 1. The number of oxazole rings is 1. The van der Waals surface area contributed by atoms with E-state index in [0.29, 0.717) is 53.8 Å². The van der Waals surface area contributed by atoms with Gasteiger partial charge in [0.05, 0.1) is 24.2 Å². The highest BCUT2D eigenvalue weighted by Gasteiger charge is 2.24. The Labute approximate surface area is 173 Å². The van der Waals surface area contributed by atoms with Crippen molar-refractivity contribution in [3.05, 3.63) is 42.3 Å². The van der Waals surface area contributed by atoms with Crippen LogP contribution in [0.25, 0.3) is 11.1 Å². The van der Waals surface area contributed by atoms with E-state index in [9.17, 15) is 13.2 Å². The highest BCUT2D eigenvalue weighted by molar-refractivity contribution is 7.89. The standard InChI is InChI=1S/C20H21N3O6S/c1-12(20(24)22-14-4-6-17-16(10-14)21-13(2)29-17)23-30(25,26)15-5-7-18-19(11-15)28-9-3-8-27-18/h4-7,10-12,23H,3,8-9H2,1-2H3,(H,22,24)/t12-/m0/s1. The summed E-state index contributed by atoms with van der Waals surface area (Å²) in [5, 5.41) is 2.68. The van der Waals surface area contributed by atoms with Crippen molar-refractivity contribution in [3.8, 4) is 11.5 Å². The molecule has 0 aliphatic carbocycles. The Morgan fingerprint density at radius 3 is 2.67 bits per heavy atom. The van der Waals surface area contributed by atoms with Gasteiger partial charge in [0.1, 0.15) is 5.52 Å². The predicted molar refractivity (Wildman–Crippen MR) is 109 cm³/mol. The van der Waals surface area contributed by atoms with Gasteiger partial charge in [0.15, 0.2) is 23.0 Å². The highest BCUT2D eigenvalue weighted by atomic mass is 32.2. The van der Waals surface area contributed by atoms with Crippen LogP contribution < -0.4 is 19.5 Å². The van der Waals surface area contributed by atoms with E-state index in [2.05, 4.69) is 15.0 Å². The summed E-state index contributed by atoms with van der Waals surface area (Å²) in [6, 6.07) is 8.37. The molecule has 158 valence electrons. The van der Waals surface area contributed by atoms with Gasteiger partial charge in [0.2, 0.25) is 15.9 Å². The quantitative estimate of drug-likeness (QED) is 0.637. The fourth-order valence-electron chi connectivity index (χ4n) is 3.04. The Morgan fingerprint density at radius 2 is 1.87 bits per heavy atom. The molecule has 0 radical (unpaired) electrons. The lowest BCUT2D eigenvalue weighted by atomic mass is 10.2. The zero-order chi connectivity index (χ0) is 21.3. The maximum absolute atomic E-state index is 12.7. The second-order valence-corrected chi connectivity index (χ2v) is 8.62. The van der Waals surface area contributed by atoms with Crippen LogP contribution in [0.3, 0.4) is 0 Å². The van der Waals surface area contributed by atoms with Gasteiger partial charge >= 0.3 is 0 Å². The van der Waals surface area contributed by atoms with Gasteiger partial charge in [-0.25, -0.2) is 13.4 Å². The molecule has 9 nitrogen and oxygen atoms in total. The second kappa shape index (κ2) is 7.96. The topological polar surface area (TPSA) is 120 Å². The number of nitrogens with one attached hydrogen (secondary N) is 2. The molecule has 0 saturated heterocycles. The van der Waals surface area contributed by atoms with Crippen LogP contribution in [-0.4, -0.2) is 38.6 Å². The normalized spacial score (nSPS) is 14.9. The molecule has 2 N–H and O–H groups in total. The summed E-state index contributed by atoms with van der Waals surface area (Å²) in [5.41, 5.74) is 1.70. The van der Waals surface area contributed by atoms with E-state index in [0.717, 1.165) is 0 Å². The van der Waals surface area contributed by atoms with Crippen molar-refractivity contribution in [3.63, 3.8) is 0 Å². The third-order valence-electron chi connectivity index (χ3n) is 4.52. The number of amides is 1. The number of sulfonamides is 1. The van der Waals surface area contributed by atoms with Gasteiger partial charge in [-0.05, 0) is 37.3 Å². The average molecular weight is 431 g/mol. The number of carbonyl (C=O) groups is 1. The molecule has 30 heavy (non-hydrogen) atoms. The molecular weight excluding hydrogens is 410 g/mol. The number of rotatable bonds is 5. The first-order chi connectivity index (χ1) is 14.3. The van der Waals surface area contributed by atoms with Crippen molar-refractivity contribution >= 4 is 32.7 Å². The van der Waals surface area contributed by atoms with Crippen molar-refractivity contribution in [2.45, 2.75) is 31.2 Å². The molecule has 0 unspecified atom stereocenters. The Hall–Kier alpha value is -3.11. The summed E-state index contributed by atoms with van der Waals surface area (Å²) in [7, 11) is -3.95. The maximum atomic E-state index is 12.7. The Bertz CT molecular complexity index is 1200. The van der Waals surface area contributed by atoms with Gasteiger partial charge in [0, 0.05) is 25.1 Å². The summed E-state index contributed by atoms with van der Waals surface area (Å²) in [4.78, 5) is 16.7. The maximum Gasteiger partial charge on any atom is 0.242 e. The first kappa shape index (κ1) is 20.2. The number of benzene rings is 2. The molecule has 1 aliphatic rings. The summed E-state index contributed by atoms with van der Waals surface area (Å²) in [5.74, 6) is 0.872. The Morgan fingerprint density at radius 1 is 1.10 bits per heavy atom. The molecule has 3 aromatic rings. The van der Waals surface area contributed by atoms with Crippen molar-refractivity contribution in [1.82, 2.24) is 9.71 Å². The van der Waals surface area contributed by atoms with Crippen molar-refractivity contribution in [2.75, 3.05) is 18.5 Å². The van der Waals surface area contributed by atoms with E-state index in [-0.39, 0.29) is 4.90 Å². The number of aryl methyl sites for hydroxylation is 1. The molecule has 0 spiro atoms. The third kappa shape index (κ3) is 4.24. The Balaban J connectivity index is 1.46. The smallest absolute Gasteiger partial charge is 0.242 e. The zero-order valence-electron chi connectivity index (χ0n) is 16.5. The van der Waals surface area contributed by atoms with Crippen molar-refractivity contribution in [2.24, 2.45) is 0 Å². The van der Waals surface area contributed by atoms with E-state index >= 15 is 0 Å². The molecule has 1 aromatic heterocycles. The Kier molecular flexibility index (Phi) is 5.35. The predicted octanol–water partition coefficient (Wildman–Crippen LogP) is 2.60. The van der Waals surface area contributed by atoms with Gasteiger partial charge in [-0.2, -0.15) is 4.72 Å². The van der Waals surface area contributed by atoms with E-state index in [4.69, 9.17) is 13.9 Å². The van der Waals surface area contributed by atoms with Gasteiger partial charge in [-0.3, -0.25) is 4.79 Å². The first-order valence-electron chi connectivity index (χ1n) is 9.42. The molecule has 2 heterocycles. The second-order valence-electron chi connectivity index (χ2n) is 6.91. The third-order valence-corrected chi connectivity index (χ3v) is 6.05.